The molecule has 0 fully saturated rings. The Morgan fingerprint density at radius 3 is 2.75 bits per heavy atom. The summed E-state index contributed by atoms with van der Waals surface area (Å²) in [6.45, 7) is 3.67. The second kappa shape index (κ2) is 7.83. The van der Waals surface area contributed by atoms with Gasteiger partial charge in [0.15, 0.2) is 5.82 Å². The van der Waals surface area contributed by atoms with Gasteiger partial charge in [-0.15, -0.1) is 5.10 Å². The number of aryl methyl sites for hydroxylation is 1. The summed E-state index contributed by atoms with van der Waals surface area (Å²) in [7, 11) is 1.31. The van der Waals surface area contributed by atoms with Gasteiger partial charge in [-0.1, -0.05) is 30.7 Å². The number of hydrogen-bond acceptors (Lipinski definition) is 4. The van der Waals surface area contributed by atoms with Crippen LogP contribution in [0.1, 0.15) is 12.5 Å². The molecule has 1 aromatic heterocycles. The molecule has 1 aromatic carbocycles. The molecule has 24 heavy (non-hydrogen) atoms. The SMILES string of the molecule is COC(=O)[C@@H](C)CNC(=O)Nc1nn(-c2ccccc2Cl)cc1C. The fourth-order valence-corrected chi connectivity index (χ4v) is 2.25. The van der Waals surface area contributed by atoms with Crippen molar-refractivity contribution < 1.29 is 14.3 Å². The van der Waals surface area contributed by atoms with E-state index in [0.717, 1.165) is 11.3 Å². The third-order valence-corrected chi connectivity index (χ3v) is 3.72. The van der Waals surface area contributed by atoms with Gasteiger partial charge >= 0.3 is 12.0 Å². The zero-order chi connectivity index (χ0) is 17.7. The zero-order valence-electron chi connectivity index (χ0n) is 13.7. The number of ether oxygens (including phenoxy) is 1. The normalized spacial score (nSPS) is 11.7. The molecular weight excluding hydrogens is 332 g/mol. The summed E-state index contributed by atoms with van der Waals surface area (Å²) in [6, 6.07) is 6.83. The van der Waals surface area contributed by atoms with E-state index in [1.165, 1.54) is 7.11 Å². The van der Waals surface area contributed by atoms with Crippen LogP contribution in [-0.2, 0) is 9.53 Å². The minimum Gasteiger partial charge on any atom is -0.469 e. The maximum Gasteiger partial charge on any atom is 0.320 e. The van der Waals surface area contributed by atoms with Gasteiger partial charge in [0.1, 0.15) is 0 Å². The van der Waals surface area contributed by atoms with Crippen LogP contribution in [0.15, 0.2) is 30.5 Å². The van der Waals surface area contributed by atoms with Gasteiger partial charge in [-0.3, -0.25) is 10.1 Å². The number of carbonyl (C=O) groups is 2. The van der Waals surface area contributed by atoms with Crippen LogP contribution in [-0.4, -0.2) is 35.4 Å². The first kappa shape index (κ1) is 17.8. The lowest BCUT2D eigenvalue weighted by Crippen LogP contribution is -2.35. The summed E-state index contributed by atoms with van der Waals surface area (Å²) >= 11 is 6.15. The predicted octanol–water partition coefficient (Wildman–Crippen LogP) is 2.76. The van der Waals surface area contributed by atoms with Gasteiger partial charge in [0.25, 0.3) is 0 Å². The number of methoxy groups -OCH3 is 1. The van der Waals surface area contributed by atoms with Crippen molar-refractivity contribution in [3.8, 4) is 5.69 Å². The molecule has 0 aliphatic rings. The second-order valence-electron chi connectivity index (χ2n) is 5.32. The molecule has 0 spiro atoms. The number of rotatable bonds is 5. The van der Waals surface area contributed by atoms with Crippen molar-refractivity contribution >= 4 is 29.4 Å². The van der Waals surface area contributed by atoms with Crippen molar-refractivity contribution in [3.05, 3.63) is 41.0 Å². The molecule has 1 heterocycles. The zero-order valence-corrected chi connectivity index (χ0v) is 14.4. The van der Waals surface area contributed by atoms with Crippen LogP contribution >= 0.6 is 11.6 Å². The molecule has 8 heteroatoms. The smallest absolute Gasteiger partial charge is 0.320 e. The molecule has 0 saturated heterocycles. The number of nitrogens with one attached hydrogen (secondary N) is 2. The number of urea groups is 1. The van der Waals surface area contributed by atoms with Crippen molar-refractivity contribution in [2.75, 3.05) is 19.0 Å². The average molecular weight is 351 g/mol. The van der Waals surface area contributed by atoms with Crippen molar-refractivity contribution in [3.63, 3.8) is 0 Å². The number of amides is 2. The monoisotopic (exact) mass is 350 g/mol. The van der Waals surface area contributed by atoms with E-state index in [-0.39, 0.29) is 12.5 Å². The highest BCUT2D eigenvalue weighted by Crippen LogP contribution is 2.22. The van der Waals surface area contributed by atoms with E-state index in [1.807, 2.05) is 25.1 Å². The third kappa shape index (κ3) is 4.26. The van der Waals surface area contributed by atoms with E-state index in [4.69, 9.17) is 11.6 Å². The Balaban J connectivity index is 2.02. The highest BCUT2D eigenvalue weighted by molar-refractivity contribution is 6.32. The molecule has 2 rings (SSSR count). The van der Waals surface area contributed by atoms with Crippen molar-refractivity contribution in [2.45, 2.75) is 13.8 Å². The first-order chi connectivity index (χ1) is 11.4. The first-order valence-corrected chi connectivity index (χ1v) is 7.74. The number of para-hydroxylation sites is 1. The minimum absolute atomic E-state index is 0.169. The Morgan fingerprint density at radius 2 is 2.08 bits per heavy atom. The van der Waals surface area contributed by atoms with E-state index in [1.54, 1.807) is 23.9 Å². The maximum atomic E-state index is 11.9. The van der Waals surface area contributed by atoms with Gasteiger partial charge in [-0.2, -0.15) is 0 Å². The van der Waals surface area contributed by atoms with Crippen LogP contribution in [0.3, 0.4) is 0 Å². The topological polar surface area (TPSA) is 85.2 Å². The summed E-state index contributed by atoms with van der Waals surface area (Å²) in [5, 5.41) is 10.1. The molecule has 0 aliphatic heterocycles. The quantitative estimate of drug-likeness (QED) is 0.812. The maximum absolute atomic E-state index is 11.9. The molecule has 2 amide bonds. The molecule has 2 aromatic rings. The van der Waals surface area contributed by atoms with Crippen LogP contribution in [0.2, 0.25) is 5.02 Å². The lowest BCUT2D eigenvalue weighted by molar-refractivity contribution is -0.144. The largest absolute Gasteiger partial charge is 0.469 e. The van der Waals surface area contributed by atoms with Gasteiger partial charge < -0.3 is 10.1 Å². The van der Waals surface area contributed by atoms with Gasteiger partial charge in [-0.05, 0) is 19.1 Å². The number of esters is 1. The van der Waals surface area contributed by atoms with E-state index in [0.29, 0.717) is 10.8 Å². The molecule has 7 nitrogen and oxygen atoms in total. The summed E-state index contributed by atoms with van der Waals surface area (Å²) < 4.78 is 6.21. The Kier molecular flexibility index (Phi) is 5.81. The van der Waals surface area contributed by atoms with Crippen LogP contribution in [0, 0.1) is 12.8 Å². The summed E-state index contributed by atoms with van der Waals surface area (Å²) in [5.74, 6) is -0.393. The highest BCUT2D eigenvalue weighted by atomic mass is 35.5. The molecular formula is C16H19ClN4O3. The number of aromatic nitrogens is 2. The molecule has 0 saturated carbocycles. The Labute approximate surface area is 144 Å². The van der Waals surface area contributed by atoms with E-state index in [9.17, 15) is 9.59 Å². The van der Waals surface area contributed by atoms with Crippen LogP contribution in [0.4, 0.5) is 10.6 Å². The predicted molar refractivity (Wildman–Crippen MR) is 91.5 cm³/mol. The van der Waals surface area contributed by atoms with Crippen LogP contribution in [0.25, 0.3) is 5.69 Å². The van der Waals surface area contributed by atoms with Crippen LogP contribution < -0.4 is 10.6 Å². The molecule has 0 bridgehead atoms. The van der Waals surface area contributed by atoms with E-state index < -0.39 is 11.9 Å². The highest BCUT2D eigenvalue weighted by Gasteiger charge is 2.15. The van der Waals surface area contributed by atoms with Crippen molar-refractivity contribution in [1.29, 1.82) is 0 Å². The summed E-state index contributed by atoms with van der Waals surface area (Å²) in [6.07, 6.45) is 1.77. The summed E-state index contributed by atoms with van der Waals surface area (Å²) in [5.41, 5.74) is 1.50. The van der Waals surface area contributed by atoms with Gasteiger partial charge in [0.05, 0.1) is 23.7 Å². The fraction of sp³-hybridized carbons (Fsp3) is 0.312. The van der Waals surface area contributed by atoms with Crippen molar-refractivity contribution in [1.82, 2.24) is 15.1 Å². The number of benzene rings is 1. The number of anilines is 1. The van der Waals surface area contributed by atoms with Crippen molar-refractivity contribution in [2.24, 2.45) is 5.92 Å². The number of halogens is 1. The van der Waals surface area contributed by atoms with Gasteiger partial charge in [0, 0.05) is 18.3 Å². The molecule has 0 radical (unpaired) electrons. The molecule has 0 aliphatic carbocycles. The number of hydrogen-bond donors (Lipinski definition) is 2. The molecule has 2 N–H and O–H groups in total. The van der Waals surface area contributed by atoms with E-state index in [2.05, 4.69) is 20.5 Å². The van der Waals surface area contributed by atoms with Gasteiger partial charge in [-0.25, -0.2) is 9.48 Å². The lowest BCUT2D eigenvalue weighted by Gasteiger charge is -2.10. The average Bonchev–Trinajstić information content (AvgIpc) is 2.92. The first-order valence-electron chi connectivity index (χ1n) is 7.36. The molecule has 128 valence electrons. The van der Waals surface area contributed by atoms with E-state index >= 15 is 0 Å². The Hall–Kier alpha value is -2.54. The second-order valence-corrected chi connectivity index (χ2v) is 5.72. The standard InChI is InChI=1S/C16H19ClN4O3/c1-10(15(22)24-3)8-18-16(23)19-14-11(2)9-21(20-14)13-7-5-4-6-12(13)17/h4-7,9-10H,8H2,1-3H3,(H2,18,19,20,23)/t10-/m0/s1. The third-order valence-electron chi connectivity index (χ3n) is 3.40. The Morgan fingerprint density at radius 1 is 1.38 bits per heavy atom. The lowest BCUT2D eigenvalue weighted by atomic mass is 10.2. The van der Waals surface area contributed by atoms with Gasteiger partial charge in [0.2, 0.25) is 0 Å². The number of nitrogens with zero attached hydrogens (tertiary/aromatic N) is 2. The summed E-state index contributed by atoms with van der Waals surface area (Å²) in [4.78, 5) is 23.2. The molecule has 0 unspecified atom stereocenters. The fourth-order valence-electron chi connectivity index (χ4n) is 2.03. The molecule has 1 atom stereocenters. The minimum atomic E-state index is -0.446. The Bertz CT molecular complexity index is 745. The number of carbonyl (C=O) groups excluding carboxylic acids is 2. The van der Waals surface area contributed by atoms with Crippen LogP contribution in [0.5, 0.6) is 0 Å².